The number of benzene rings is 2. The topological polar surface area (TPSA) is 64.3 Å². The van der Waals surface area contributed by atoms with Gasteiger partial charge in [0, 0.05) is 11.3 Å². The predicted octanol–water partition coefficient (Wildman–Crippen LogP) is -0.466. The molecule has 0 saturated carbocycles. The van der Waals surface area contributed by atoms with Gasteiger partial charge in [-0.25, -0.2) is 9.18 Å². The maximum atomic E-state index is 12.9. The molecule has 0 atom stereocenters. The Morgan fingerprint density at radius 3 is 2.39 bits per heavy atom. The first-order valence-corrected chi connectivity index (χ1v) is 9.43. The number of carbonyl (C=O) groups is 2. The van der Waals surface area contributed by atoms with E-state index in [0.29, 0.717) is 17.8 Å². The highest BCUT2D eigenvalue weighted by Gasteiger charge is 2.25. The number of carbonyl (C=O) groups excluding carboxylic acids is 2. The number of ether oxygens (including phenoxy) is 1. The second-order valence-electron chi connectivity index (χ2n) is 7.10. The monoisotopic (exact) mass is 387 g/mol. The van der Waals surface area contributed by atoms with Crippen molar-refractivity contribution in [3.63, 3.8) is 0 Å². The summed E-state index contributed by atoms with van der Waals surface area (Å²) in [4.78, 5) is 26.5. The van der Waals surface area contributed by atoms with Gasteiger partial charge in [-0.3, -0.25) is 4.79 Å². The van der Waals surface area contributed by atoms with Crippen molar-refractivity contribution >= 4 is 17.6 Å². The minimum Gasteiger partial charge on any atom is -0.465 e. The van der Waals surface area contributed by atoms with Crippen LogP contribution in [0.4, 0.5) is 10.1 Å². The fourth-order valence-corrected chi connectivity index (χ4v) is 3.49. The van der Waals surface area contributed by atoms with Crippen LogP contribution in [0.2, 0.25) is 0 Å². The number of halogens is 1. The molecule has 148 valence electrons. The standard InChI is InChI=1S/C21H24FN3O3/c1-28-21(27)17-4-2-3-16(13-17)14-24-9-11-25(12-10-24)15-20(26)23-19-7-5-18(22)6-8-19/h2-8,13H,9-12,14-15H2,1H3,(H,23,26)/p+2. The number of quaternary nitrogens is 2. The van der Waals surface area contributed by atoms with Gasteiger partial charge in [0.25, 0.3) is 5.91 Å². The van der Waals surface area contributed by atoms with Crippen LogP contribution in [0, 0.1) is 5.82 Å². The van der Waals surface area contributed by atoms with Crippen LogP contribution in [-0.2, 0) is 16.1 Å². The molecule has 3 rings (SSSR count). The molecule has 0 aliphatic carbocycles. The maximum absolute atomic E-state index is 12.9. The Kier molecular flexibility index (Phi) is 6.73. The molecule has 3 N–H and O–H groups in total. The van der Waals surface area contributed by atoms with E-state index in [0.717, 1.165) is 38.3 Å². The minimum atomic E-state index is -0.321. The summed E-state index contributed by atoms with van der Waals surface area (Å²) in [7, 11) is 1.38. The molecule has 0 aromatic heterocycles. The van der Waals surface area contributed by atoms with Gasteiger partial charge >= 0.3 is 5.97 Å². The van der Waals surface area contributed by atoms with E-state index in [2.05, 4.69) is 5.32 Å². The largest absolute Gasteiger partial charge is 0.465 e. The third kappa shape index (κ3) is 5.61. The Balaban J connectivity index is 1.45. The molecule has 1 saturated heterocycles. The predicted molar refractivity (Wildman–Crippen MR) is 103 cm³/mol. The van der Waals surface area contributed by atoms with Crippen LogP contribution >= 0.6 is 0 Å². The first kappa shape index (κ1) is 20.0. The Labute approximate surface area is 163 Å². The van der Waals surface area contributed by atoms with Gasteiger partial charge in [-0.1, -0.05) is 12.1 Å². The molecule has 7 heteroatoms. The molecule has 1 aliphatic rings. The van der Waals surface area contributed by atoms with Gasteiger partial charge in [-0.15, -0.1) is 0 Å². The van der Waals surface area contributed by atoms with Crippen molar-refractivity contribution < 1.29 is 28.5 Å². The van der Waals surface area contributed by atoms with Crippen molar-refractivity contribution in [3.05, 3.63) is 65.5 Å². The lowest BCUT2D eigenvalue weighted by atomic mass is 10.1. The number of piperazine rings is 1. The van der Waals surface area contributed by atoms with E-state index in [1.54, 1.807) is 18.2 Å². The summed E-state index contributed by atoms with van der Waals surface area (Å²) in [6, 6.07) is 13.3. The SMILES string of the molecule is COC(=O)c1cccc(C[NH+]2CC[NH+](CC(=O)Nc3ccc(F)cc3)CC2)c1. The number of anilines is 1. The lowest BCUT2D eigenvalue weighted by Gasteiger charge is -2.29. The molecular weight excluding hydrogens is 361 g/mol. The van der Waals surface area contributed by atoms with Crippen LogP contribution in [0.25, 0.3) is 0 Å². The van der Waals surface area contributed by atoms with Crippen LogP contribution in [0.15, 0.2) is 48.5 Å². The van der Waals surface area contributed by atoms with Gasteiger partial charge in [0.1, 0.15) is 38.5 Å². The summed E-state index contributed by atoms with van der Waals surface area (Å²) in [5, 5.41) is 2.81. The van der Waals surface area contributed by atoms with Crippen LogP contribution < -0.4 is 15.1 Å². The molecule has 2 aromatic rings. The zero-order valence-corrected chi connectivity index (χ0v) is 16.0. The number of rotatable bonds is 6. The van der Waals surface area contributed by atoms with E-state index in [9.17, 15) is 14.0 Å². The van der Waals surface area contributed by atoms with E-state index < -0.39 is 0 Å². The van der Waals surface area contributed by atoms with Crippen LogP contribution in [0.3, 0.4) is 0 Å². The first-order chi connectivity index (χ1) is 13.5. The van der Waals surface area contributed by atoms with Crippen molar-refractivity contribution in [2.75, 3.05) is 45.2 Å². The molecule has 1 aliphatic heterocycles. The molecule has 2 aromatic carbocycles. The van der Waals surface area contributed by atoms with Gasteiger partial charge in [0.05, 0.1) is 12.7 Å². The average molecular weight is 387 g/mol. The van der Waals surface area contributed by atoms with Gasteiger partial charge < -0.3 is 19.9 Å². The van der Waals surface area contributed by atoms with Gasteiger partial charge in [0.2, 0.25) is 0 Å². The first-order valence-electron chi connectivity index (χ1n) is 9.43. The highest BCUT2D eigenvalue weighted by molar-refractivity contribution is 5.91. The summed E-state index contributed by atoms with van der Waals surface area (Å²) in [5.74, 6) is -0.700. The van der Waals surface area contributed by atoms with Crippen molar-refractivity contribution in [2.24, 2.45) is 0 Å². The molecule has 0 unspecified atom stereocenters. The van der Waals surface area contributed by atoms with E-state index >= 15 is 0 Å². The molecular formula is C21H26FN3O3+2. The van der Waals surface area contributed by atoms with E-state index in [1.165, 1.54) is 29.0 Å². The molecule has 1 fully saturated rings. The zero-order chi connectivity index (χ0) is 19.9. The maximum Gasteiger partial charge on any atom is 0.337 e. The second-order valence-corrected chi connectivity index (χ2v) is 7.10. The number of esters is 1. The van der Waals surface area contributed by atoms with Crippen molar-refractivity contribution in [1.82, 2.24) is 0 Å². The van der Waals surface area contributed by atoms with Crippen molar-refractivity contribution in [3.8, 4) is 0 Å². The fourth-order valence-electron chi connectivity index (χ4n) is 3.49. The van der Waals surface area contributed by atoms with Crippen molar-refractivity contribution in [1.29, 1.82) is 0 Å². The molecule has 0 radical (unpaired) electrons. The minimum absolute atomic E-state index is 0.0594. The number of hydrogen-bond acceptors (Lipinski definition) is 3. The molecule has 0 bridgehead atoms. The Hall–Kier alpha value is -2.77. The molecule has 6 nitrogen and oxygen atoms in total. The molecule has 1 amide bonds. The van der Waals surface area contributed by atoms with E-state index in [4.69, 9.17) is 4.74 Å². The normalized spacial score (nSPS) is 19.1. The lowest BCUT2D eigenvalue weighted by Crippen LogP contribution is -3.28. The van der Waals surface area contributed by atoms with Gasteiger partial charge in [0.15, 0.2) is 6.54 Å². The summed E-state index contributed by atoms with van der Waals surface area (Å²) < 4.78 is 17.7. The highest BCUT2D eigenvalue weighted by atomic mass is 19.1. The second kappa shape index (κ2) is 9.43. The summed E-state index contributed by atoms with van der Waals surface area (Å²) >= 11 is 0. The van der Waals surface area contributed by atoms with E-state index in [1.807, 2.05) is 18.2 Å². The average Bonchev–Trinajstić information content (AvgIpc) is 2.71. The van der Waals surface area contributed by atoms with Crippen LogP contribution in [-0.4, -0.2) is 51.7 Å². The summed E-state index contributed by atoms with van der Waals surface area (Å²) in [5.41, 5.74) is 2.29. The third-order valence-corrected chi connectivity index (χ3v) is 5.00. The zero-order valence-electron chi connectivity index (χ0n) is 16.0. The number of amides is 1. The Bertz CT molecular complexity index is 818. The van der Waals surface area contributed by atoms with Crippen LogP contribution in [0.1, 0.15) is 15.9 Å². The van der Waals surface area contributed by atoms with Crippen molar-refractivity contribution in [2.45, 2.75) is 6.54 Å². The molecule has 0 spiro atoms. The fraction of sp³-hybridized carbons (Fsp3) is 0.333. The summed E-state index contributed by atoms with van der Waals surface area (Å²) in [6.45, 7) is 4.98. The number of hydrogen-bond donors (Lipinski definition) is 3. The third-order valence-electron chi connectivity index (χ3n) is 5.00. The lowest BCUT2D eigenvalue weighted by molar-refractivity contribution is -1.02. The Morgan fingerprint density at radius 2 is 1.71 bits per heavy atom. The Morgan fingerprint density at radius 1 is 1.04 bits per heavy atom. The molecule has 1 heterocycles. The molecule has 28 heavy (non-hydrogen) atoms. The van der Waals surface area contributed by atoms with Gasteiger partial charge in [-0.05, 0) is 36.4 Å². The quantitative estimate of drug-likeness (QED) is 0.588. The smallest absolute Gasteiger partial charge is 0.337 e. The van der Waals surface area contributed by atoms with Crippen LogP contribution in [0.5, 0.6) is 0 Å². The number of methoxy groups -OCH3 is 1. The van der Waals surface area contributed by atoms with Gasteiger partial charge in [-0.2, -0.15) is 0 Å². The highest BCUT2D eigenvalue weighted by Crippen LogP contribution is 2.07. The van der Waals surface area contributed by atoms with E-state index in [-0.39, 0.29) is 17.7 Å². The number of nitrogens with one attached hydrogen (secondary N) is 3. The summed E-state index contributed by atoms with van der Waals surface area (Å²) in [6.07, 6.45) is 0.